The van der Waals surface area contributed by atoms with Gasteiger partial charge in [-0.25, -0.2) is 4.98 Å². The first-order chi connectivity index (χ1) is 10.3. The van der Waals surface area contributed by atoms with Gasteiger partial charge < -0.3 is 9.30 Å². The molecule has 2 aromatic rings. The Hall–Kier alpha value is -1.29. The van der Waals surface area contributed by atoms with E-state index in [0.29, 0.717) is 17.8 Å². The van der Waals surface area contributed by atoms with Gasteiger partial charge in [-0.2, -0.15) is 4.98 Å². The van der Waals surface area contributed by atoms with E-state index in [9.17, 15) is 0 Å². The average Bonchev–Trinajstić information content (AvgIpc) is 2.68. The van der Waals surface area contributed by atoms with Gasteiger partial charge in [0.25, 0.3) is 0 Å². The summed E-state index contributed by atoms with van der Waals surface area (Å²) >= 11 is 5.97. The summed E-state index contributed by atoms with van der Waals surface area (Å²) in [6, 6.07) is 4.36. The summed E-state index contributed by atoms with van der Waals surface area (Å²) in [5, 5.41) is 0. The number of fused-ring (bicyclic) bond motifs is 1. The average molecular weight is 308 g/mol. The number of alkyl halides is 1. The third-order valence-corrected chi connectivity index (χ3v) is 4.49. The third-order valence-electron chi connectivity index (χ3n) is 4.30. The minimum atomic E-state index is 0.496. The van der Waals surface area contributed by atoms with Crippen LogP contribution in [0.4, 0.5) is 0 Å². The monoisotopic (exact) mass is 307 g/mol. The predicted molar refractivity (Wildman–Crippen MR) is 85.2 cm³/mol. The van der Waals surface area contributed by atoms with E-state index in [1.165, 1.54) is 38.5 Å². The van der Waals surface area contributed by atoms with Gasteiger partial charge in [0.2, 0.25) is 5.88 Å². The summed E-state index contributed by atoms with van der Waals surface area (Å²) in [7, 11) is 1.65. The Morgan fingerprint density at radius 1 is 1.19 bits per heavy atom. The molecule has 4 nitrogen and oxygen atoms in total. The molecule has 1 aliphatic carbocycles. The van der Waals surface area contributed by atoms with Crippen LogP contribution in [0.3, 0.4) is 0 Å². The Morgan fingerprint density at radius 3 is 2.62 bits per heavy atom. The lowest BCUT2D eigenvalue weighted by atomic mass is 10.1. The van der Waals surface area contributed by atoms with Crippen molar-refractivity contribution in [1.82, 2.24) is 14.5 Å². The van der Waals surface area contributed by atoms with Gasteiger partial charge in [-0.15, -0.1) is 11.6 Å². The summed E-state index contributed by atoms with van der Waals surface area (Å²) in [5.74, 6) is 2.30. The fraction of sp³-hybridized carbons (Fsp3) is 0.625. The molecule has 1 aliphatic rings. The molecule has 0 atom stereocenters. The minimum Gasteiger partial charge on any atom is -0.481 e. The topological polar surface area (TPSA) is 39.9 Å². The van der Waals surface area contributed by atoms with E-state index < -0.39 is 0 Å². The van der Waals surface area contributed by atoms with Crippen molar-refractivity contribution >= 4 is 22.8 Å². The van der Waals surface area contributed by atoms with E-state index in [1.807, 2.05) is 12.1 Å². The Morgan fingerprint density at radius 2 is 1.95 bits per heavy atom. The summed E-state index contributed by atoms with van der Waals surface area (Å²) in [4.78, 5) is 9.38. The molecule has 2 heterocycles. The summed E-state index contributed by atoms with van der Waals surface area (Å²) in [6.45, 7) is 0. The summed E-state index contributed by atoms with van der Waals surface area (Å²) < 4.78 is 7.61. The van der Waals surface area contributed by atoms with Gasteiger partial charge in [-0.1, -0.05) is 25.7 Å². The molecule has 114 valence electrons. The number of pyridine rings is 1. The van der Waals surface area contributed by atoms with Crippen molar-refractivity contribution in [2.24, 2.45) is 0 Å². The largest absolute Gasteiger partial charge is 0.481 e. The maximum absolute atomic E-state index is 5.97. The van der Waals surface area contributed by atoms with Crippen molar-refractivity contribution in [2.75, 3.05) is 13.0 Å². The summed E-state index contributed by atoms with van der Waals surface area (Å²) in [5.41, 5.74) is 1.89. The maximum Gasteiger partial charge on any atom is 0.215 e. The first-order valence-corrected chi connectivity index (χ1v) is 8.34. The number of rotatable bonds is 4. The van der Waals surface area contributed by atoms with E-state index in [0.717, 1.165) is 23.4 Å². The Kier molecular flexibility index (Phi) is 4.63. The number of aromatic nitrogens is 3. The molecule has 0 radical (unpaired) electrons. The van der Waals surface area contributed by atoms with Crippen LogP contribution in [0.1, 0.15) is 50.4 Å². The van der Waals surface area contributed by atoms with Crippen LogP contribution in [-0.2, 0) is 6.42 Å². The van der Waals surface area contributed by atoms with Crippen LogP contribution in [0.5, 0.6) is 5.88 Å². The zero-order chi connectivity index (χ0) is 14.7. The van der Waals surface area contributed by atoms with Gasteiger partial charge in [0, 0.05) is 24.4 Å². The Bertz CT molecular complexity index is 603. The van der Waals surface area contributed by atoms with Crippen molar-refractivity contribution in [3.63, 3.8) is 0 Å². The number of ether oxygens (including phenoxy) is 1. The van der Waals surface area contributed by atoms with Crippen LogP contribution in [0.2, 0.25) is 0 Å². The first kappa shape index (κ1) is 14.6. The van der Waals surface area contributed by atoms with Crippen LogP contribution < -0.4 is 4.74 Å². The van der Waals surface area contributed by atoms with E-state index in [-0.39, 0.29) is 0 Å². The predicted octanol–water partition coefficient (Wildman–Crippen LogP) is 4.12. The number of nitrogens with zero attached hydrogens (tertiary/aromatic N) is 3. The van der Waals surface area contributed by atoms with Crippen molar-refractivity contribution in [3.8, 4) is 5.88 Å². The van der Waals surface area contributed by atoms with Gasteiger partial charge in [0.05, 0.1) is 7.11 Å². The van der Waals surface area contributed by atoms with Crippen molar-refractivity contribution in [3.05, 3.63) is 18.0 Å². The highest BCUT2D eigenvalue weighted by atomic mass is 35.5. The van der Waals surface area contributed by atoms with Crippen LogP contribution >= 0.6 is 11.6 Å². The van der Waals surface area contributed by atoms with Crippen molar-refractivity contribution in [1.29, 1.82) is 0 Å². The highest BCUT2D eigenvalue weighted by Crippen LogP contribution is 2.32. The smallest absolute Gasteiger partial charge is 0.215 e. The molecule has 0 spiro atoms. The quantitative estimate of drug-likeness (QED) is 0.630. The maximum atomic E-state index is 5.97. The lowest BCUT2D eigenvalue weighted by Gasteiger charge is -2.19. The van der Waals surface area contributed by atoms with E-state index in [4.69, 9.17) is 21.3 Å². The molecule has 0 aliphatic heterocycles. The molecule has 0 bridgehead atoms. The molecule has 0 aromatic carbocycles. The lowest BCUT2D eigenvalue weighted by Crippen LogP contribution is -2.13. The molecule has 21 heavy (non-hydrogen) atoms. The molecule has 5 heteroatoms. The van der Waals surface area contributed by atoms with Crippen LogP contribution in [0.15, 0.2) is 12.1 Å². The van der Waals surface area contributed by atoms with Gasteiger partial charge in [0.1, 0.15) is 11.3 Å². The molecule has 0 N–H and O–H groups in total. The van der Waals surface area contributed by atoms with E-state index in [2.05, 4.69) is 9.55 Å². The fourth-order valence-electron chi connectivity index (χ4n) is 3.28. The molecule has 1 saturated carbocycles. The van der Waals surface area contributed by atoms with Gasteiger partial charge in [-0.3, -0.25) is 0 Å². The number of imidazole rings is 1. The van der Waals surface area contributed by atoms with Crippen LogP contribution in [0.25, 0.3) is 11.2 Å². The standard InChI is InChI=1S/C16H22ClN3O/c1-21-15-9-8-13-16(19-15)20(14(18-13)10-11-17)12-6-4-2-3-5-7-12/h8-9,12H,2-7,10-11H2,1H3. The summed E-state index contributed by atoms with van der Waals surface area (Å²) in [6.07, 6.45) is 8.45. The van der Waals surface area contributed by atoms with Crippen molar-refractivity contribution in [2.45, 2.75) is 51.0 Å². The number of hydrogen-bond acceptors (Lipinski definition) is 3. The lowest BCUT2D eigenvalue weighted by molar-refractivity contribution is 0.396. The van der Waals surface area contributed by atoms with Gasteiger partial charge >= 0.3 is 0 Å². The second kappa shape index (κ2) is 6.65. The fourth-order valence-corrected chi connectivity index (χ4v) is 3.45. The van der Waals surface area contributed by atoms with Crippen molar-refractivity contribution < 1.29 is 4.74 Å². The van der Waals surface area contributed by atoms with Gasteiger partial charge in [0.15, 0.2) is 5.65 Å². The number of halogens is 1. The molecular weight excluding hydrogens is 286 g/mol. The highest BCUT2D eigenvalue weighted by molar-refractivity contribution is 6.17. The zero-order valence-corrected chi connectivity index (χ0v) is 13.3. The Balaban J connectivity index is 2.08. The Labute approximate surface area is 130 Å². The molecule has 0 unspecified atom stereocenters. The molecule has 2 aromatic heterocycles. The molecule has 0 amide bonds. The van der Waals surface area contributed by atoms with E-state index >= 15 is 0 Å². The number of aryl methyl sites for hydroxylation is 1. The first-order valence-electron chi connectivity index (χ1n) is 7.81. The molecular formula is C16H22ClN3O. The third kappa shape index (κ3) is 3.00. The normalized spacial score (nSPS) is 17.0. The molecule has 0 saturated heterocycles. The molecule has 1 fully saturated rings. The van der Waals surface area contributed by atoms with Gasteiger partial charge in [-0.05, 0) is 18.9 Å². The second-order valence-corrected chi connectivity index (χ2v) is 6.06. The zero-order valence-electron chi connectivity index (χ0n) is 12.5. The number of hydrogen-bond donors (Lipinski definition) is 0. The van der Waals surface area contributed by atoms with Crippen LogP contribution in [-0.4, -0.2) is 27.5 Å². The number of methoxy groups -OCH3 is 1. The second-order valence-electron chi connectivity index (χ2n) is 5.68. The van der Waals surface area contributed by atoms with E-state index in [1.54, 1.807) is 7.11 Å². The minimum absolute atomic E-state index is 0.496. The SMILES string of the molecule is COc1ccc2nc(CCCl)n(C3CCCCCC3)c2n1. The molecule has 3 rings (SSSR count). The van der Waals surface area contributed by atoms with Crippen LogP contribution in [0, 0.1) is 0 Å². The highest BCUT2D eigenvalue weighted by Gasteiger charge is 2.21.